The lowest BCUT2D eigenvalue weighted by Gasteiger charge is -2.49. The minimum atomic E-state index is -1.29. The molecule has 2 aromatic heterocycles. The molecule has 1 fully saturated rings. The molecule has 2 amide bonds. The number of thiazole rings is 1. The highest BCUT2D eigenvalue weighted by atomic mass is 35.5. The summed E-state index contributed by atoms with van der Waals surface area (Å²) in [6, 6.07) is 0.415. The third-order valence-electron chi connectivity index (χ3n) is 5.77. The van der Waals surface area contributed by atoms with Gasteiger partial charge >= 0.3 is 5.97 Å². The number of hydrogen-bond acceptors (Lipinski definition) is 14. The van der Waals surface area contributed by atoms with Crippen LogP contribution in [0.5, 0.6) is 0 Å². The predicted octanol–water partition coefficient (Wildman–Crippen LogP) is 1.23. The Kier molecular flexibility index (Phi) is 10.4. The number of pyridine rings is 1. The molecule has 4 heterocycles. The summed E-state index contributed by atoms with van der Waals surface area (Å²) in [5.74, 6) is -1.52. The number of carboxylic acid groups (broad SMARTS) is 1. The first-order valence-electron chi connectivity index (χ1n) is 11.6. The maximum absolute atomic E-state index is 13.1. The Balaban J connectivity index is 1.48. The Morgan fingerprint density at radius 2 is 2.22 bits per heavy atom. The summed E-state index contributed by atoms with van der Waals surface area (Å²) in [6.45, 7) is -0.128. The van der Waals surface area contributed by atoms with E-state index < -0.39 is 34.9 Å². The number of amides is 2. The van der Waals surface area contributed by atoms with Crippen LogP contribution in [0.15, 0.2) is 39.1 Å². The van der Waals surface area contributed by atoms with Crippen molar-refractivity contribution in [1.29, 1.82) is 5.41 Å². The number of oxime groups is 1. The second-order valence-electron chi connectivity index (χ2n) is 8.35. The van der Waals surface area contributed by atoms with Crippen molar-refractivity contribution in [3.63, 3.8) is 0 Å². The van der Waals surface area contributed by atoms with Gasteiger partial charge in [-0.15, -0.1) is 11.8 Å². The zero-order chi connectivity index (χ0) is 29.7. The van der Waals surface area contributed by atoms with Crippen molar-refractivity contribution in [3.8, 4) is 0 Å². The molecule has 0 aromatic carbocycles. The van der Waals surface area contributed by atoms with Gasteiger partial charge in [0.2, 0.25) is 0 Å². The van der Waals surface area contributed by atoms with Crippen LogP contribution in [-0.4, -0.2) is 95.7 Å². The number of aliphatic carboxylic acids is 1. The molecule has 19 heteroatoms. The van der Waals surface area contributed by atoms with Crippen molar-refractivity contribution in [1.82, 2.24) is 25.5 Å². The number of fused-ring (bicyclic) bond motifs is 1. The summed E-state index contributed by atoms with van der Waals surface area (Å²) in [7, 11) is 0. The molecule has 2 aliphatic heterocycles. The van der Waals surface area contributed by atoms with Crippen molar-refractivity contribution in [2.45, 2.75) is 28.1 Å². The summed E-state index contributed by atoms with van der Waals surface area (Å²) in [6.07, 6.45) is 4.29. The number of β-lactam (4-membered cyclic amide) rings is 1. The monoisotopic (exact) mass is 658 g/mol. The predicted molar refractivity (Wildman–Crippen MR) is 159 cm³/mol. The van der Waals surface area contributed by atoms with E-state index in [1.807, 2.05) is 0 Å². The zero-order valence-corrected chi connectivity index (χ0v) is 24.8. The van der Waals surface area contributed by atoms with E-state index in [1.54, 1.807) is 18.5 Å². The smallest absolute Gasteiger partial charge is 0.353 e. The maximum Gasteiger partial charge on any atom is 0.353 e. The molecule has 14 nitrogen and oxygen atoms in total. The Bertz CT molecular complexity index is 1420. The number of nitrogen functional groups attached to an aromatic ring is 1. The number of aromatic nitrogens is 2. The van der Waals surface area contributed by atoms with Crippen molar-refractivity contribution in [2.75, 3.05) is 23.8 Å². The van der Waals surface area contributed by atoms with Gasteiger partial charge in [-0.2, -0.15) is 11.8 Å². The molecular weight excluding hydrogens is 636 g/mol. The number of rotatable bonds is 13. The Labute approximate surface area is 254 Å². The molecular formula is C22H23ClN8O6S4. The fourth-order valence-electron chi connectivity index (χ4n) is 3.88. The zero-order valence-electron chi connectivity index (χ0n) is 20.8. The lowest BCUT2D eigenvalue weighted by atomic mass is 10.0. The van der Waals surface area contributed by atoms with Gasteiger partial charge in [-0.05, 0) is 11.6 Å². The average molecular weight is 659 g/mol. The highest BCUT2D eigenvalue weighted by Gasteiger charge is 2.54. The molecule has 3 atom stereocenters. The third-order valence-corrected chi connectivity index (χ3v) is 10.7. The van der Waals surface area contributed by atoms with Crippen LogP contribution in [0.1, 0.15) is 11.3 Å². The fraction of sp³-hybridized carbons (Fsp3) is 0.318. The van der Waals surface area contributed by atoms with Crippen LogP contribution in [0.4, 0.5) is 5.13 Å². The Morgan fingerprint density at radius 1 is 1.44 bits per heavy atom. The summed E-state index contributed by atoms with van der Waals surface area (Å²) in [5.41, 5.74) is 5.61. The molecule has 0 aliphatic carbocycles. The highest BCUT2D eigenvalue weighted by molar-refractivity contribution is 8.06. The van der Waals surface area contributed by atoms with Gasteiger partial charge < -0.3 is 31.8 Å². The SMILES string of the molecule is N=CNC(CO)CSCc1cnccc1SC1=C(C(=O)O)N2C(=O)[C@@H](NC(=O)/C(=N\O)c3nc(N)sc3Cl)[C@@H]2SC1. The topological polar surface area (TPSA) is 227 Å². The third kappa shape index (κ3) is 6.73. The molecule has 0 radical (unpaired) electrons. The number of carbonyl (C=O) groups excluding carboxylic acids is 2. The van der Waals surface area contributed by atoms with E-state index >= 15 is 0 Å². The van der Waals surface area contributed by atoms with Gasteiger partial charge in [0.25, 0.3) is 11.8 Å². The number of aliphatic hydroxyl groups excluding tert-OH is 1. The first-order chi connectivity index (χ1) is 19.7. The van der Waals surface area contributed by atoms with Crippen LogP contribution in [0.3, 0.4) is 0 Å². The molecule has 8 N–H and O–H groups in total. The summed E-state index contributed by atoms with van der Waals surface area (Å²) in [4.78, 5) is 48.6. The van der Waals surface area contributed by atoms with Crippen molar-refractivity contribution in [2.24, 2.45) is 5.16 Å². The van der Waals surface area contributed by atoms with Gasteiger partial charge in [0, 0.05) is 39.5 Å². The van der Waals surface area contributed by atoms with Crippen molar-refractivity contribution in [3.05, 3.63) is 44.7 Å². The number of carbonyl (C=O) groups is 3. The molecule has 2 aromatic rings. The molecule has 0 spiro atoms. The van der Waals surface area contributed by atoms with Gasteiger partial charge in [-0.1, -0.05) is 39.9 Å². The van der Waals surface area contributed by atoms with E-state index in [4.69, 9.17) is 22.7 Å². The number of nitrogens with two attached hydrogens (primary N) is 1. The van der Waals surface area contributed by atoms with E-state index in [0.29, 0.717) is 16.4 Å². The molecule has 4 rings (SSSR count). The Hall–Kier alpha value is -3.03. The van der Waals surface area contributed by atoms with E-state index in [2.05, 4.69) is 25.8 Å². The molecule has 1 unspecified atom stereocenters. The number of hydrogen-bond donors (Lipinski definition) is 7. The quantitative estimate of drug-likeness (QED) is 0.0529. The summed E-state index contributed by atoms with van der Waals surface area (Å²) >= 11 is 10.9. The van der Waals surface area contributed by atoms with E-state index in [-0.39, 0.29) is 39.3 Å². The average Bonchev–Trinajstić information content (AvgIpc) is 3.28. The fourth-order valence-corrected chi connectivity index (χ4v) is 8.52. The normalized spacial score (nSPS) is 19.3. The molecule has 218 valence electrons. The second kappa shape index (κ2) is 13.8. The number of aliphatic hydroxyl groups is 1. The van der Waals surface area contributed by atoms with Gasteiger partial charge in [0.1, 0.15) is 27.1 Å². The molecule has 0 bridgehead atoms. The van der Waals surface area contributed by atoms with E-state index in [1.165, 1.54) is 35.3 Å². The van der Waals surface area contributed by atoms with Gasteiger partial charge in [0.15, 0.2) is 10.8 Å². The van der Waals surface area contributed by atoms with Crippen molar-refractivity contribution < 1.29 is 29.8 Å². The van der Waals surface area contributed by atoms with E-state index in [9.17, 15) is 29.8 Å². The number of thioether (sulfide) groups is 3. The van der Waals surface area contributed by atoms with Crippen molar-refractivity contribution >= 4 is 93.2 Å². The van der Waals surface area contributed by atoms with Crippen LogP contribution >= 0.6 is 58.2 Å². The van der Waals surface area contributed by atoms with Gasteiger partial charge in [-0.3, -0.25) is 24.9 Å². The van der Waals surface area contributed by atoms with Crippen LogP contribution in [-0.2, 0) is 20.1 Å². The first kappa shape index (κ1) is 30.9. The first-order valence-corrected chi connectivity index (χ1v) is 15.8. The van der Waals surface area contributed by atoms with Crippen LogP contribution < -0.4 is 16.4 Å². The van der Waals surface area contributed by atoms with E-state index in [0.717, 1.165) is 33.0 Å². The standard InChI is InChI=1S/C22H23ClN8O6S4/c23-17-13(29-22(25)41-17)14(30-37)18(33)28-15-19(34)31-16(21(35)36)12(7-39-20(15)31)40-11-1-2-26-3-9(11)5-38-6-10(4-32)27-8-24/h1-3,8,10,15,20,32,37H,4-7H2,(H2,24,27)(H2,25,29)(H,28,33)(H,35,36)/b30-14-/t10?,15-,20+/m1/s1. The minimum absolute atomic E-state index is 0.0296. The minimum Gasteiger partial charge on any atom is -0.477 e. The summed E-state index contributed by atoms with van der Waals surface area (Å²) < 4.78 is 0.0296. The number of halogens is 1. The number of nitrogens with zero attached hydrogens (tertiary/aromatic N) is 4. The van der Waals surface area contributed by atoms with Crippen LogP contribution in [0, 0.1) is 5.41 Å². The number of anilines is 1. The van der Waals surface area contributed by atoms with Crippen LogP contribution in [0.25, 0.3) is 0 Å². The lowest BCUT2D eigenvalue weighted by Crippen LogP contribution is -2.71. The second-order valence-corrected chi connectivity index (χ2v) is 13.3. The highest BCUT2D eigenvalue weighted by Crippen LogP contribution is 2.46. The number of nitrogens with one attached hydrogen (secondary N) is 3. The largest absolute Gasteiger partial charge is 0.477 e. The maximum atomic E-state index is 13.1. The molecule has 41 heavy (non-hydrogen) atoms. The number of carboxylic acids is 1. The summed E-state index contributed by atoms with van der Waals surface area (Å²) in [5, 5.41) is 43.5. The molecule has 2 aliphatic rings. The van der Waals surface area contributed by atoms with Gasteiger partial charge in [0.05, 0.1) is 19.0 Å². The molecule has 1 saturated heterocycles. The van der Waals surface area contributed by atoms with Gasteiger partial charge in [-0.25, -0.2) is 9.78 Å². The Morgan fingerprint density at radius 3 is 2.85 bits per heavy atom. The van der Waals surface area contributed by atoms with Crippen LogP contribution in [0.2, 0.25) is 4.34 Å². The lowest BCUT2D eigenvalue weighted by molar-refractivity contribution is -0.150. The molecule has 0 saturated carbocycles.